The molecule has 4 aromatic rings. The van der Waals surface area contributed by atoms with Gasteiger partial charge in [0, 0.05) is 12.4 Å². The largest absolute Gasteiger partial charge is 0.219 e. The van der Waals surface area contributed by atoms with E-state index in [4.69, 9.17) is 0 Å². The Morgan fingerprint density at radius 3 is 1.60 bits per heavy atom. The van der Waals surface area contributed by atoms with E-state index in [1.165, 1.54) is 0 Å². The van der Waals surface area contributed by atoms with Crippen LogP contribution in [0, 0.1) is 0 Å². The zero-order valence-corrected chi connectivity index (χ0v) is 10.5. The average Bonchev–Trinajstić information content (AvgIpc) is 3.09. The number of hydrogen-bond acceptors (Lipinski definition) is 4. The molecule has 0 aliphatic heterocycles. The van der Waals surface area contributed by atoms with Crippen LogP contribution in [-0.4, -0.2) is 30.0 Å². The molecule has 0 spiro atoms. The zero-order valence-electron chi connectivity index (χ0n) is 10.5. The molecule has 0 aliphatic carbocycles. The maximum atomic E-state index is 4.10. The normalized spacial score (nSPS) is 11.8. The van der Waals surface area contributed by atoms with Crippen molar-refractivity contribution in [1.82, 2.24) is 30.0 Å². The molecule has 20 heavy (non-hydrogen) atoms. The first-order valence-corrected chi connectivity index (χ1v) is 6.20. The molecule has 6 nitrogen and oxygen atoms in total. The molecular weight excluding hydrogens is 252 g/mol. The van der Waals surface area contributed by atoms with Crippen LogP contribution in [0.1, 0.15) is 0 Å². The molecule has 0 saturated carbocycles. The molecule has 0 N–H and O–H groups in total. The molecule has 0 radical (unpaired) electrons. The summed E-state index contributed by atoms with van der Waals surface area (Å²) in [7, 11) is 0. The second kappa shape index (κ2) is 4.27. The minimum Gasteiger partial charge on any atom is -0.219 e. The highest BCUT2D eigenvalue weighted by atomic mass is 15.4. The van der Waals surface area contributed by atoms with Crippen LogP contribution in [0.2, 0.25) is 0 Å². The zero-order chi connectivity index (χ0) is 13.4. The lowest BCUT2D eigenvalue weighted by Crippen LogP contribution is -1.93. The van der Waals surface area contributed by atoms with Gasteiger partial charge in [0.1, 0.15) is 11.0 Å². The Labute approximate surface area is 113 Å². The van der Waals surface area contributed by atoms with Gasteiger partial charge in [0.25, 0.3) is 0 Å². The summed E-state index contributed by atoms with van der Waals surface area (Å²) < 4.78 is 3.43. The van der Waals surface area contributed by atoms with Crippen molar-refractivity contribution < 1.29 is 0 Å². The van der Waals surface area contributed by atoms with Crippen molar-refractivity contribution in [3.8, 4) is 0 Å². The lowest BCUT2D eigenvalue weighted by molar-refractivity contribution is 0.841. The molecule has 2 aromatic carbocycles. The van der Waals surface area contributed by atoms with Crippen LogP contribution in [0.5, 0.6) is 0 Å². The van der Waals surface area contributed by atoms with Gasteiger partial charge in [-0.3, -0.25) is 0 Å². The van der Waals surface area contributed by atoms with Gasteiger partial charge in [-0.25, -0.2) is 9.36 Å². The molecule has 4 rings (SSSR count). The quantitative estimate of drug-likeness (QED) is 0.556. The Balaban J connectivity index is 1.78. The molecule has 0 amide bonds. The first-order valence-electron chi connectivity index (χ1n) is 6.20. The monoisotopic (exact) mass is 262 g/mol. The Morgan fingerprint density at radius 1 is 0.650 bits per heavy atom. The summed E-state index contributed by atoms with van der Waals surface area (Å²) in [6, 6.07) is 15.6. The van der Waals surface area contributed by atoms with E-state index in [0.717, 1.165) is 22.1 Å². The van der Waals surface area contributed by atoms with Crippen LogP contribution in [0.25, 0.3) is 34.5 Å². The maximum absolute atomic E-state index is 4.10. The number of rotatable bonds is 2. The number of aromatic nitrogens is 6. The van der Waals surface area contributed by atoms with Gasteiger partial charge in [0.2, 0.25) is 0 Å². The molecule has 2 heterocycles. The van der Waals surface area contributed by atoms with Gasteiger partial charge in [-0.05, 0) is 24.3 Å². The van der Waals surface area contributed by atoms with Gasteiger partial charge in [0.05, 0.1) is 11.0 Å². The first-order chi connectivity index (χ1) is 9.92. The van der Waals surface area contributed by atoms with Crippen molar-refractivity contribution in [2.24, 2.45) is 0 Å². The molecule has 0 unspecified atom stereocenters. The fraction of sp³-hybridized carbons (Fsp3) is 0. The van der Waals surface area contributed by atoms with Crippen molar-refractivity contribution in [3.05, 3.63) is 48.5 Å². The standard InChI is InChI=1S/C14H10N6/c1-3-7-13-11(5-1)15-17-19(13)9-10-20-14-8-4-2-6-12(14)16-18-20/h1-10H/b10-9+. The van der Waals surface area contributed by atoms with Crippen LogP contribution in [0.3, 0.4) is 0 Å². The Morgan fingerprint density at radius 2 is 1.10 bits per heavy atom. The average molecular weight is 262 g/mol. The Kier molecular flexibility index (Phi) is 2.32. The highest BCUT2D eigenvalue weighted by Crippen LogP contribution is 2.12. The van der Waals surface area contributed by atoms with Crippen LogP contribution < -0.4 is 0 Å². The second-order valence-electron chi connectivity index (χ2n) is 4.34. The number of benzene rings is 2. The lowest BCUT2D eigenvalue weighted by atomic mass is 10.3. The first kappa shape index (κ1) is 10.9. The second-order valence-corrected chi connectivity index (χ2v) is 4.34. The fourth-order valence-corrected chi connectivity index (χ4v) is 2.12. The maximum Gasteiger partial charge on any atom is 0.113 e. The van der Waals surface area contributed by atoms with Gasteiger partial charge in [-0.1, -0.05) is 34.7 Å². The topological polar surface area (TPSA) is 61.4 Å². The number of nitrogens with zero attached hydrogens (tertiary/aromatic N) is 6. The highest BCUT2D eigenvalue weighted by Gasteiger charge is 2.02. The predicted octanol–water partition coefficient (Wildman–Crippen LogP) is 2.26. The molecule has 96 valence electrons. The van der Waals surface area contributed by atoms with E-state index in [1.807, 2.05) is 60.9 Å². The van der Waals surface area contributed by atoms with E-state index in [-0.39, 0.29) is 0 Å². The van der Waals surface area contributed by atoms with Gasteiger partial charge in [-0.15, -0.1) is 10.2 Å². The summed E-state index contributed by atoms with van der Waals surface area (Å²) in [6.07, 6.45) is 3.63. The fourth-order valence-electron chi connectivity index (χ4n) is 2.12. The van der Waals surface area contributed by atoms with Gasteiger partial charge >= 0.3 is 0 Å². The van der Waals surface area contributed by atoms with E-state index in [2.05, 4.69) is 20.6 Å². The summed E-state index contributed by atoms with van der Waals surface area (Å²) in [6.45, 7) is 0. The minimum absolute atomic E-state index is 0.862. The van der Waals surface area contributed by atoms with Crippen LogP contribution in [-0.2, 0) is 0 Å². The molecule has 0 bridgehead atoms. The van der Waals surface area contributed by atoms with Crippen LogP contribution in [0.15, 0.2) is 48.5 Å². The highest BCUT2D eigenvalue weighted by molar-refractivity contribution is 5.79. The number of para-hydroxylation sites is 2. The molecule has 0 fully saturated rings. The van der Waals surface area contributed by atoms with Gasteiger partial charge in [0.15, 0.2) is 0 Å². The van der Waals surface area contributed by atoms with Crippen LogP contribution in [0.4, 0.5) is 0 Å². The van der Waals surface area contributed by atoms with Gasteiger partial charge < -0.3 is 0 Å². The van der Waals surface area contributed by atoms with Crippen molar-refractivity contribution in [3.63, 3.8) is 0 Å². The number of fused-ring (bicyclic) bond motifs is 2. The van der Waals surface area contributed by atoms with Crippen LogP contribution >= 0.6 is 0 Å². The third-order valence-electron chi connectivity index (χ3n) is 3.10. The van der Waals surface area contributed by atoms with E-state index >= 15 is 0 Å². The third-order valence-corrected chi connectivity index (χ3v) is 3.10. The smallest absolute Gasteiger partial charge is 0.113 e. The van der Waals surface area contributed by atoms with E-state index in [1.54, 1.807) is 9.36 Å². The van der Waals surface area contributed by atoms with E-state index < -0.39 is 0 Å². The summed E-state index contributed by atoms with van der Waals surface area (Å²) in [4.78, 5) is 0. The van der Waals surface area contributed by atoms with Crippen molar-refractivity contribution in [2.75, 3.05) is 0 Å². The van der Waals surface area contributed by atoms with Crippen molar-refractivity contribution >= 4 is 34.5 Å². The summed E-state index contributed by atoms with van der Waals surface area (Å²) in [5, 5.41) is 16.4. The summed E-state index contributed by atoms with van der Waals surface area (Å²) in [5.41, 5.74) is 3.63. The third kappa shape index (κ3) is 1.66. The number of hydrogen-bond donors (Lipinski definition) is 0. The summed E-state index contributed by atoms with van der Waals surface area (Å²) >= 11 is 0. The van der Waals surface area contributed by atoms with E-state index in [0.29, 0.717) is 0 Å². The van der Waals surface area contributed by atoms with Crippen molar-refractivity contribution in [2.45, 2.75) is 0 Å². The van der Waals surface area contributed by atoms with Gasteiger partial charge in [-0.2, -0.15) is 0 Å². The van der Waals surface area contributed by atoms with E-state index in [9.17, 15) is 0 Å². The molecule has 0 aliphatic rings. The molecule has 0 atom stereocenters. The summed E-state index contributed by atoms with van der Waals surface area (Å²) in [5.74, 6) is 0. The molecule has 6 heteroatoms. The predicted molar refractivity (Wildman–Crippen MR) is 76.6 cm³/mol. The Hall–Kier alpha value is -3.02. The Bertz CT molecular complexity index is 841. The lowest BCUT2D eigenvalue weighted by Gasteiger charge is -1.95. The molecule has 0 saturated heterocycles. The SMILES string of the molecule is C(=C\n1nnc2ccccc21)/n1nnc2ccccc21. The minimum atomic E-state index is 0.862. The molecular formula is C14H10N6. The molecule has 2 aromatic heterocycles. The van der Waals surface area contributed by atoms with Crippen molar-refractivity contribution in [1.29, 1.82) is 0 Å².